The number of thiol groups is 1. The predicted molar refractivity (Wildman–Crippen MR) is 400 cm³/mol. The molecule has 0 radical (unpaired) electrons. The fourth-order valence-electron chi connectivity index (χ4n) is 9.97. The molecule has 41 N–H and O–H groups in total. The minimum Gasteiger partial charge on any atom is -0.370 e. The van der Waals surface area contributed by atoms with Crippen molar-refractivity contribution in [2.75, 3.05) is 58.1 Å². The molecule has 0 bridgehead atoms. The molecule has 1 aromatic carbocycles. The second kappa shape index (κ2) is 48.9. The first-order valence-electron chi connectivity index (χ1n) is 33.5. The highest BCUT2D eigenvalue weighted by molar-refractivity contribution is 7.80. The number of guanidine groups is 7. The van der Waals surface area contributed by atoms with Crippen molar-refractivity contribution in [2.45, 2.75) is 158 Å². The highest BCUT2D eigenvalue weighted by atomic mass is 32.1. The van der Waals surface area contributed by atoms with Gasteiger partial charge in [0.2, 0.25) is 65.0 Å². The van der Waals surface area contributed by atoms with E-state index < -0.39 is 126 Å². The number of nitrogens with one attached hydrogen (secondary N) is 11. The summed E-state index contributed by atoms with van der Waals surface area (Å²) in [7, 11) is 0. The summed E-state index contributed by atoms with van der Waals surface area (Å²) in [6, 6.07) is -6.08. The van der Waals surface area contributed by atoms with Gasteiger partial charge in [0.25, 0.3) is 0 Å². The summed E-state index contributed by atoms with van der Waals surface area (Å²) in [6.45, 7) is 0.344. The molecule has 0 unspecified atom stereocenters. The summed E-state index contributed by atoms with van der Waals surface area (Å²) in [4.78, 5) is 185. The van der Waals surface area contributed by atoms with Gasteiger partial charge in [-0.1, -0.05) is 18.2 Å². The van der Waals surface area contributed by atoms with Crippen molar-refractivity contribution < 1.29 is 52.7 Å². The van der Waals surface area contributed by atoms with Gasteiger partial charge in [0.15, 0.2) is 41.7 Å². The number of nitrogens with two attached hydrogens (primary N) is 15. The fourth-order valence-corrected chi connectivity index (χ4v) is 10.2. The van der Waals surface area contributed by atoms with E-state index in [4.69, 9.17) is 86.0 Å². The molecule has 11 amide bonds. The van der Waals surface area contributed by atoms with E-state index in [0.29, 0.717) is 16.5 Å². The summed E-state index contributed by atoms with van der Waals surface area (Å²) in [5, 5.41) is 26.7. The van der Waals surface area contributed by atoms with Crippen LogP contribution in [-0.2, 0) is 59.2 Å². The molecule has 2 aromatic rings. The molecular formula is C60H107N33O11S. The van der Waals surface area contributed by atoms with Crippen LogP contribution in [0.4, 0.5) is 0 Å². The highest BCUT2D eigenvalue weighted by Crippen LogP contribution is 2.20. The number of aromatic amines is 1. The lowest BCUT2D eigenvalue weighted by Gasteiger charge is -2.28. The maximum Gasteiger partial charge on any atom is 0.243 e. The molecule has 45 heteroatoms. The van der Waals surface area contributed by atoms with Crippen molar-refractivity contribution in [2.24, 2.45) is 121 Å². The zero-order valence-corrected chi connectivity index (χ0v) is 59.7. The van der Waals surface area contributed by atoms with Gasteiger partial charge >= 0.3 is 0 Å². The number of aromatic nitrogens is 1. The van der Waals surface area contributed by atoms with Gasteiger partial charge in [-0.25, -0.2) is 0 Å². The summed E-state index contributed by atoms with van der Waals surface area (Å²) < 4.78 is 0. The second-order valence-corrected chi connectivity index (χ2v) is 24.2. The summed E-state index contributed by atoms with van der Waals surface area (Å²) in [5.74, 6) is -11.9. The minimum atomic E-state index is -1.58. The largest absolute Gasteiger partial charge is 0.370 e. The molecule has 0 spiro atoms. The Bertz CT molecular complexity index is 3410. The summed E-state index contributed by atoms with van der Waals surface area (Å²) >= 11 is 4.15. The Morgan fingerprint density at radius 3 is 0.867 bits per heavy atom. The highest BCUT2D eigenvalue weighted by Gasteiger charge is 2.36. The van der Waals surface area contributed by atoms with Crippen molar-refractivity contribution in [1.29, 1.82) is 0 Å². The number of fused-ring (bicyclic) bond motifs is 1. The molecule has 9 atom stereocenters. The molecule has 1 heterocycles. The molecule has 44 nitrogen and oxygen atoms in total. The number of rotatable bonds is 51. The SMILES string of the molecule is CC(=O)NCC(=O)N[C@H](CCCN=C(N)N)C(=O)N[C@H](CCCN=C(N)N)C(=O)N[C@H](CCCN=C(N)N)C(=O)N[C@H](CCCN=C(N)N)C(=O)N[C@H](CCCN=C(N)N)C(=O)N[C@H](CCCN=C(N)N)C(=O)N[C@H](CCCN=C(N)N)C(=O)N[C@H](Cc1c[nH]c2ccccc12)C(=O)N[C@H](CS)C(N)=O. The maximum atomic E-state index is 14.9. The quantitative estimate of drug-likeness (QED) is 0.0127. The lowest BCUT2D eigenvalue weighted by atomic mass is 10.0. The monoisotopic (exact) mass is 1500 g/mol. The zero-order valence-electron chi connectivity index (χ0n) is 58.8. The molecule has 584 valence electrons. The molecule has 0 saturated heterocycles. The average molecular weight is 1500 g/mol. The van der Waals surface area contributed by atoms with Gasteiger partial charge < -0.3 is 144 Å². The van der Waals surface area contributed by atoms with Crippen molar-refractivity contribution >= 4 is 130 Å². The minimum absolute atomic E-state index is 0.00819. The molecule has 0 aliphatic heterocycles. The molecule has 0 saturated carbocycles. The van der Waals surface area contributed by atoms with Crippen LogP contribution in [0.15, 0.2) is 65.4 Å². The lowest BCUT2D eigenvalue weighted by molar-refractivity contribution is -0.136. The third kappa shape index (κ3) is 38.1. The third-order valence-corrected chi connectivity index (χ3v) is 15.5. The Labute approximate surface area is 611 Å². The van der Waals surface area contributed by atoms with Crippen LogP contribution >= 0.6 is 12.6 Å². The number of H-pyrrole nitrogens is 1. The van der Waals surface area contributed by atoms with E-state index in [0.717, 1.165) is 0 Å². The molecule has 0 aliphatic carbocycles. The molecular weight excluding hydrogens is 1390 g/mol. The number of nitrogens with zero attached hydrogens (tertiary/aromatic N) is 7. The Morgan fingerprint density at radius 2 is 0.610 bits per heavy atom. The van der Waals surface area contributed by atoms with Gasteiger partial charge in [-0.05, 0) is 102 Å². The third-order valence-electron chi connectivity index (χ3n) is 15.1. The molecule has 1 aromatic heterocycles. The number of primary amides is 1. The number of benzene rings is 1. The molecule has 0 fully saturated rings. The van der Waals surface area contributed by atoms with Crippen molar-refractivity contribution in [3.8, 4) is 0 Å². The number of hydrogen-bond acceptors (Lipinski definition) is 19. The number of carbonyl (C=O) groups is 11. The number of aliphatic imine (C=N–C) groups is 7. The van der Waals surface area contributed by atoms with Crippen molar-refractivity contribution in [3.63, 3.8) is 0 Å². The number of para-hydroxylation sites is 1. The van der Waals surface area contributed by atoms with E-state index >= 15 is 0 Å². The van der Waals surface area contributed by atoms with Gasteiger partial charge in [-0.15, -0.1) is 0 Å². The van der Waals surface area contributed by atoms with Crippen LogP contribution in [-0.4, -0.2) is 224 Å². The molecule has 105 heavy (non-hydrogen) atoms. The lowest BCUT2D eigenvalue weighted by Crippen LogP contribution is -2.60. The van der Waals surface area contributed by atoms with Crippen LogP contribution in [0.2, 0.25) is 0 Å². The van der Waals surface area contributed by atoms with E-state index in [-0.39, 0.29) is 190 Å². The van der Waals surface area contributed by atoms with Crippen LogP contribution in [0.25, 0.3) is 10.9 Å². The van der Waals surface area contributed by atoms with E-state index in [2.05, 4.69) is 106 Å². The van der Waals surface area contributed by atoms with Crippen LogP contribution in [0.5, 0.6) is 0 Å². The predicted octanol–water partition coefficient (Wildman–Crippen LogP) is -11.0. The zero-order chi connectivity index (χ0) is 78.6. The van der Waals surface area contributed by atoms with Crippen molar-refractivity contribution in [3.05, 3.63) is 36.0 Å². The average Bonchev–Trinajstić information content (AvgIpc) is 1.70. The first-order valence-corrected chi connectivity index (χ1v) is 34.1. The van der Waals surface area contributed by atoms with Crippen LogP contribution in [0.3, 0.4) is 0 Å². The Balaban J connectivity index is 2.78. The van der Waals surface area contributed by atoms with Crippen LogP contribution in [0, 0.1) is 0 Å². The normalized spacial score (nSPS) is 13.3. The fraction of sp³-hybridized carbons (Fsp3) is 0.567. The van der Waals surface area contributed by atoms with Gasteiger partial charge in [0.05, 0.1) is 6.54 Å². The first-order chi connectivity index (χ1) is 49.7. The Kier molecular flexibility index (Phi) is 41.6. The maximum absolute atomic E-state index is 14.9. The number of carbonyl (C=O) groups excluding carboxylic acids is 11. The van der Waals surface area contributed by atoms with Crippen molar-refractivity contribution in [1.82, 2.24) is 58.2 Å². The number of amides is 11. The standard InChI is InChI=1S/C60H107N33O11S/c1-31(94)83-29-44(95)85-35(13-4-20-76-54(62)63)46(97)86-36(14-5-21-77-55(64)65)47(98)87-37(15-6-22-78-56(66)67)48(99)88-38(16-7-23-79-57(68)69)49(100)89-39(17-8-24-80-58(70)71)50(101)90-40(18-9-25-81-59(72)73)51(102)91-41(19-10-26-82-60(74)75)52(103)92-42(53(104)93-43(30-105)45(61)96)27-32-28-84-34-12-3-2-11-33(32)34/h2-3,11-12,28,35-43,84,105H,4-10,13-27,29-30H2,1H3,(H2,61,96)(H,83,94)(H,85,95)(H,86,97)(H,87,98)(H,88,99)(H,89,100)(H,90,101)(H,91,102)(H,92,103)(H,93,104)(H4,62,63,76)(H4,64,65,77)(H4,66,67,78)(H4,68,69,79)(H4,70,71,80)(H4,72,73,81)(H4,74,75,82)/t35-,36-,37-,38-,39-,40-,41-,42-,43-/m1/s1. The number of hydrogen-bond donors (Lipinski definition) is 27. The summed E-state index contributed by atoms with van der Waals surface area (Å²) in [5.41, 5.74) is 85.1. The van der Waals surface area contributed by atoms with Gasteiger partial charge in [0, 0.05) is 82.0 Å². The molecule has 0 aliphatic rings. The van der Waals surface area contributed by atoms with Crippen LogP contribution < -0.4 is 139 Å². The summed E-state index contributed by atoms with van der Waals surface area (Å²) in [6.07, 6.45) is 0.543. The van der Waals surface area contributed by atoms with E-state index in [1.54, 1.807) is 30.5 Å². The Hall–Kier alpha value is -11.8. The second-order valence-electron chi connectivity index (χ2n) is 23.8. The van der Waals surface area contributed by atoms with E-state index in [1.807, 2.05) is 0 Å². The smallest absolute Gasteiger partial charge is 0.243 e. The van der Waals surface area contributed by atoms with Gasteiger partial charge in [-0.2, -0.15) is 12.6 Å². The van der Waals surface area contributed by atoms with E-state index in [1.165, 1.54) is 6.92 Å². The van der Waals surface area contributed by atoms with E-state index in [9.17, 15) is 52.7 Å². The van der Waals surface area contributed by atoms with Gasteiger partial charge in [-0.3, -0.25) is 87.7 Å². The van der Waals surface area contributed by atoms with Gasteiger partial charge in [0.1, 0.15) is 54.4 Å². The molecule has 2 rings (SSSR count). The topological polar surface area (TPSA) is 801 Å². The first kappa shape index (κ1) is 89.3. The van der Waals surface area contributed by atoms with Crippen LogP contribution in [0.1, 0.15) is 102 Å². The Morgan fingerprint density at radius 1 is 0.362 bits per heavy atom.